The van der Waals surface area contributed by atoms with Crippen molar-refractivity contribution < 1.29 is 30.4 Å². The smallest absolute Gasteiger partial charge is 0.385 e. The summed E-state index contributed by atoms with van der Waals surface area (Å²) in [7, 11) is -4.54. The van der Waals surface area contributed by atoms with E-state index in [1.807, 2.05) is 0 Å². The molecule has 0 saturated heterocycles. The topological polar surface area (TPSA) is 72.2 Å². The molecule has 0 aliphatic heterocycles. The number of rotatable bonds is 5. The molecule has 0 spiro atoms. The standard InChI is InChI=1S/C15H13F5N2O2S/c16-10-5-9(6-11(17)7-10)3-4-22-12-1-2-14(25(21,23)24)13(8-12)15(18,19)20/h1-2,5-8,22H,3-4H2,(H2,21,23,24). The molecule has 0 amide bonds. The Morgan fingerprint density at radius 2 is 1.60 bits per heavy atom. The zero-order chi connectivity index (χ0) is 18.8. The number of hydrogen-bond acceptors (Lipinski definition) is 3. The van der Waals surface area contributed by atoms with Crippen LogP contribution in [0.4, 0.5) is 27.6 Å². The van der Waals surface area contributed by atoms with E-state index in [4.69, 9.17) is 5.14 Å². The highest BCUT2D eigenvalue weighted by Gasteiger charge is 2.36. The number of primary sulfonamides is 1. The number of benzene rings is 2. The van der Waals surface area contributed by atoms with Crippen LogP contribution in [-0.2, 0) is 22.6 Å². The summed E-state index contributed by atoms with van der Waals surface area (Å²) in [6.07, 6.45) is -4.77. The predicted molar refractivity (Wildman–Crippen MR) is 81.4 cm³/mol. The average molecular weight is 380 g/mol. The first-order chi connectivity index (χ1) is 11.5. The van der Waals surface area contributed by atoms with E-state index in [1.165, 1.54) is 0 Å². The van der Waals surface area contributed by atoms with Gasteiger partial charge in [0.15, 0.2) is 0 Å². The van der Waals surface area contributed by atoms with E-state index < -0.39 is 38.3 Å². The lowest BCUT2D eigenvalue weighted by atomic mass is 10.1. The van der Waals surface area contributed by atoms with Gasteiger partial charge in [0.05, 0.1) is 10.5 Å². The van der Waals surface area contributed by atoms with Crippen LogP contribution in [0.15, 0.2) is 41.3 Å². The molecule has 2 rings (SSSR count). The molecule has 25 heavy (non-hydrogen) atoms. The molecule has 10 heteroatoms. The average Bonchev–Trinajstić information content (AvgIpc) is 2.44. The molecule has 0 bridgehead atoms. The summed E-state index contributed by atoms with van der Waals surface area (Å²) in [5, 5.41) is 7.43. The van der Waals surface area contributed by atoms with Gasteiger partial charge < -0.3 is 5.32 Å². The molecule has 0 fully saturated rings. The van der Waals surface area contributed by atoms with Crippen molar-refractivity contribution in [1.82, 2.24) is 0 Å². The van der Waals surface area contributed by atoms with Gasteiger partial charge in [-0.05, 0) is 42.3 Å². The van der Waals surface area contributed by atoms with Gasteiger partial charge >= 0.3 is 6.18 Å². The molecule has 136 valence electrons. The van der Waals surface area contributed by atoms with Gasteiger partial charge in [-0.25, -0.2) is 22.3 Å². The van der Waals surface area contributed by atoms with Crippen LogP contribution in [0.5, 0.6) is 0 Å². The fraction of sp³-hybridized carbons (Fsp3) is 0.200. The molecule has 0 aromatic heterocycles. The van der Waals surface area contributed by atoms with Gasteiger partial charge in [-0.3, -0.25) is 0 Å². The number of nitrogens with two attached hydrogens (primary N) is 1. The van der Waals surface area contributed by atoms with E-state index >= 15 is 0 Å². The minimum atomic E-state index is -4.91. The Labute approximate surface area is 140 Å². The van der Waals surface area contributed by atoms with E-state index in [1.54, 1.807) is 0 Å². The third-order valence-electron chi connectivity index (χ3n) is 3.26. The molecule has 0 atom stereocenters. The van der Waals surface area contributed by atoms with E-state index in [0.29, 0.717) is 17.7 Å². The molecule has 4 nitrogen and oxygen atoms in total. The highest BCUT2D eigenvalue weighted by Crippen LogP contribution is 2.35. The van der Waals surface area contributed by atoms with Gasteiger partial charge in [0, 0.05) is 18.3 Å². The van der Waals surface area contributed by atoms with Crippen LogP contribution in [0.25, 0.3) is 0 Å². The van der Waals surface area contributed by atoms with Crippen LogP contribution in [0.2, 0.25) is 0 Å². The summed E-state index contributed by atoms with van der Waals surface area (Å²) in [4.78, 5) is -1.03. The van der Waals surface area contributed by atoms with Gasteiger partial charge in [-0.2, -0.15) is 13.2 Å². The van der Waals surface area contributed by atoms with Crippen molar-refractivity contribution in [3.8, 4) is 0 Å². The van der Waals surface area contributed by atoms with Crippen molar-refractivity contribution in [1.29, 1.82) is 0 Å². The highest BCUT2D eigenvalue weighted by atomic mass is 32.2. The maximum Gasteiger partial charge on any atom is 0.417 e. The molecule has 0 radical (unpaired) electrons. The number of nitrogens with one attached hydrogen (secondary N) is 1. The summed E-state index contributed by atoms with van der Waals surface area (Å²) in [5.41, 5.74) is -1.07. The maximum atomic E-state index is 13.1. The molecule has 0 saturated carbocycles. The van der Waals surface area contributed by atoms with Crippen LogP contribution in [0.3, 0.4) is 0 Å². The summed E-state index contributed by atoms with van der Waals surface area (Å²) in [6.45, 7) is 0.0783. The van der Waals surface area contributed by atoms with E-state index in [-0.39, 0.29) is 18.7 Å². The van der Waals surface area contributed by atoms with Gasteiger partial charge in [-0.1, -0.05) is 0 Å². The molecule has 2 aromatic rings. The zero-order valence-electron chi connectivity index (χ0n) is 12.6. The van der Waals surface area contributed by atoms with E-state index in [9.17, 15) is 30.4 Å². The summed E-state index contributed by atoms with van der Waals surface area (Å²) < 4.78 is 87.7. The number of alkyl halides is 3. The Balaban J connectivity index is 2.18. The minimum Gasteiger partial charge on any atom is -0.385 e. The summed E-state index contributed by atoms with van der Waals surface area (Å²) >= 11 is 0. The third-order valence-corrected chi connectivity index (χ3v) is 4.23. The zero-order valence-corrected chi connectivity index (χ0v) is 13.4. The van der Waals surface area contributed by atoms with Crippen LogP contribution in [-0.4, -0.2) is 15.0 Å². The van der Waals surface area contributed by atoms with Gasteiger partial charge in [0.25, 0.3) is 0 Å². The molecular formula is C15H13F5N2O2S. The van der Waals surface area contributed by atoms with Crippen LogP contribution in [0.1, 0.15) is 11.1 Å². The van der Waals surface area contributed by atoms with Crippen molar-refractivity contribution in [2.75, 3.05) is 11.9 Å². The monoisotopic (exact) mass is 380 g/mol. The number of sulfonamides is 1. The Bertz CT molecular complexity index is 862. The molecule has 0 unspecified atom stereocenters. The van der Waals surface area contributed by atoms with Gasteiger partial charge in [-0.15, -0.1) is 0 Å². The molecule has 0 heterocycles. The van der Waals surface area contributed by atoms with Crippen molar-refractivity contribution in [2.24, 2.45) is 5.14 Å². The Hall–Kier alpha value is -2.20. The third kappa shape index (κ3) is 5.13. The fourth-order valence-electron chi connectivity index (χ4n) is 2.22. The lowest BCUT2D eigenvalue weighted by Crippen LogP contribution is -2.19. The quantitative estimate of drug-likeness (QED) is 0.782. The first-order valence-electron chi connectivity index (χ1n) is 6.90. The summed E-state index contributed by atoms with van der Waals surface area (Å²) in [6, 6.07) is 5.42. The molecule has 3 N–H and O–H groups in total. The van der Waals surface area contributed by atoms with Crippen molar-refractivity contribution in [3.05, 3.63) is 59.2 Å². The van der Waals surface area contributed by atoms with E-state index in [0.717, 1.165) is 24.3 Å². The molecule has 2 aromatic carbocycles. The normalized spacial score (nSPS) is 12.2. The van der Waals surface area contributed by atoms with Crippen molar-refractivity contribution in [2.45, 2.75) is 17.5 Å². The number of anilines is 1. The fourth-order valence-corrected chi connectivity index (χ4v) is 2.95. The first-order valence-corrected chi connectivity index (χ1v) is 8.44. The second-order valence-electron chi connectivity index (χ2n) is 5.21. The number of hydrogen-bond donors (Lipinski definition) is 2. The summed E-state index contributed by atoms with van der Waals surface area (Å²) in [5.74, 6) is -1.52. The highest BCUT2D eigenvalue weighted by molar-refractivity contribution is 7.89. The number of halogens is 5. The Morgan fingerprint density at radius 1 is 1.00 bits per heavy atom. The molecular weight excluding hydrogens is 367 g/mol. The second kappa shape index (κ2) is 6.96. The lowest BCUT2D eigenvalue weighted by Gasteiger charge is -2.14. The largest absolute Gasteiger partial charge is 0.417 e. The van der Waals surface area contributed by atoms with Crippen molar-refractivity contribution >= 4 is 15.7 Å². The minimum absolute atomic E-state index is 0.00315. The predicted octanol–water partition coefficient (Wildman–Crippen LogP) is 3.29. The van der Waals surface area contributed by atoms with Crippen molar-refractivity contribution in [3.63, 3.8) is 0 Å². The Morgan fingerprint density at radius 3 is 2.12 bits per heavy atom. The maximum absolute atomic E-state index is 13.1. The first kappa shape index (κ1) is 19.1. The Kier molecular flexibility index (Phi) is 5.33. The van der Waals surface area contributed by atoms with Crippen LogP contribution >= 0.6 is 0 Å². The lowest BCUT2D eigenvalue weighted by molar-refractivity contribution is -0.139. The van der Waals surface area contributed by atoms with Crippen LogP contribution in [0, 0.1) is 11.6 Å². The van der Waals surface area contributed by atoms with E-state index in [2.05, 4.69) is 5.32 Å². The van der Waals surface area contributed by atoms with Gasteiger partial charge in [0.1, 0.15) is 11.6 Å². The second-order valence-corrected chi connectivity index (χ2v) is 6.74. The SMILES string of the molecule is NS(=O)(=O)c1ccc(NCCc2cc(F)cc(F)c2)cc1C(F)(F)F. The van der Waals surface area contributed by atoms with Crippen LogP contribution < -0.4 is 10.5 Å². The molecule has 0 aliphatic rings. The van der Waals surface area contributed by atoms with Gasteiger partial charge in [0.2, 0.25) is 10.0 Å². The molecule has 0 aliphatic carbocycles.